The van der Waals surface area contributed by atoms with Gasteiger partial charge in [-0.3, -0.25) is 4.79 Å². The van der Waals surface area contributed by atoms with E-state index in [-0.39, 0.29) is 19.0 Å². The van der Waals surface area contributed by atoms with E-state index in [0.717, 1.165) is 6.42 Å². The topological polar surface area (TPSA) is 69.6 Å². The number of carbonyl (C=O) groups is 2. The number of aryl methyl sites for hydroxylation is 1. The van der Waals surface area contributed by atoms with E-state index >= 15 is 0 Å². The first-order chi connectivity index (χ1) is 8.52. The quantitative estimate of drug-likeness (QED) is 0.841. The zero-order valence-corrected chi connectivity index (χ0v) is 10.6. The molecule has 0 heterocycles. The molecule has 0 bridgehead atoms. The highest BCUT2D eigenvalue weighted by molar-refractivity contribution is 5.89. The second-order valence-electron chi connectivity index (χ2n) is 4.05. The van der Waals surface area contributed by atoms with Gasteiger partial charge in [0.2, 0.25) is 0 Å². The first kappa shape index (κ1) is 14.0. The van der Waals surface area contributed by atoms with Crippen molar-refractivity contribution in [2.24, 2.45) is 0 Å². The maximum Gasteiger partial charge on any atom is 0.321 e. The van der Waals surface area contributed by atoms with Crippen LogP contribution in [0.1, 0.15) is 18.9 Å². The van der Waals surface area contributed by atoms with Gasteiger partial charge in [-0.25, -0.2) is 4.79 Å². The van der Waals surface area contributed by atoms with Crippen LogP contribution in [-0.2, 0) is 11.2 Å². The Morgan fingerprint density at radius 1 is 1.28 bits per heavy atom. The van der Waals surface area contributed by atoms with Gasteiger partial charge in [0.1, 0.15) is 0 Å². The van der Waals surface area contributed by atoms with Crippen LogP contribution in [0.2, 0.25) is 0 Å². The standard InChI is InChI=1S/C13H18N2O3/c1-3-10-4-6-11(7-5-10)14-13(18)15(2)9-8-12(16)17/h4-7H,3,8-9H2,1-2H3,(H,14,18)(H,16,17). The molecule has 0 unspecified atom stereocenters. The summed E-state index contributed by atoms with van der Waals surface area (Å²) in [6.45, 7) is 2.25. The average molecular weight is 250 g/mol. The van der Waals surface area contributed by atoms with Gasteiger partial charge < -0.3 is 15.3 Å². The molecule has 18 heavy (non-hydrogen) atoms. The number of amides is 2. The van der Waals surface area contributed by atoms with E-state index in [1.54, 1.807) is 7.05 Å². The molecule has 0 aliphatic carbocycles. The van der Waals surface area contributed by atoms with Crippen molar-refractivity contribution in [3.63, 3.8) is 0 Å². The first-order valence-corrected chi connectivity index (χ1v) is 5.85. The predicted octanol–water partition coefficient (Wildman–Crippen LogP) is 2.19. The normalized spacial score (nSPS) is 9.89. The van der Waals surface area contributed by atoms with Crippen LogP contribution in [0.5, 0.6) is 0 Å². The van der Waals surface area contributed by atoms with Gasteiger partial charge in [0, 0.05) is 19.3 Å². The van der Waals surface area contributed by atoms with Crippen LogP contribution in [-0.4, -0.2) is 35.6 Å². The lowest BCUT2D eigenvalue weighted by atomic mass is 10.1. The molecule has 0 spiro atoms. The number of urea groups is 1. The van der Waals surface area contributed by atoms with E-state index in [1.807, 2.05) is 24.3 Å². The van der Waals surface area contributed by atoms with Crippen LogP contribution >= 0.6 is 0 Å². The molecule has 1 aromatic rings. The highest BCUT2D eigenvalue weighted by Crippen LogP contribution is 2.10. The number of hydrogen-bond donors (Lipinski definition) is 2. The lowest BCUT2D eigenvalue weighted by Crippen LogP contribution is -2.33. The molecule has 0 saturated heterocycles. The third kappa shape index (κ3) is 4.45. The fraction of sp³-hybridized carbons (Fsp3) is 0.385. The van der Waals surface area contributed by atoms with Gasteiger partial charge in [-0.2, -0.15) is 0 Å². The van der Waals surface area contributed by atoms with E-state index in [1.165, 1.54) is 10.5 Å². The monoisotopic (exact) mass is 250 g/mol. The number of aliphatic carboxylic acids is 1. The van der Waals surface area contributed by atoms with Gasteiger partial charge in [-0.05, 0) is 24.1 Å². The molecule has 0 atom stereocenters. The Morgan fingerprint density at radius 3 is 2.39 bits per heavy atom. The number of benzene rings is 1. The van der Waals surface area contributed by atoms with E-state index in [0.29, 0.717) is 5.69 Å². The fourth-order valence-electron chi connectivity index (χ4n) is 1.41. The average Bonchev–Trinajstić information content (AvgIpc) is 2.36. The lowest BCUT2D eigenvalue weighted by molar-refractivity contribution is -0.137. The highest BCUT2D eigenvalue weighted by Gasteiger charge is 2.09. The summed E-state index contributed by atoms with van der Waals surface area (Å²) < 4.78 is 0. The molecule has 1 rings (SSSR count). The number of rotatable bonds is 5. The van der Waals surface area contributed by atoms with Gasteiger partial charge in [-0.15, -0.1) is 0 Å². The minimum Gasteiger partial charge on any atom is -0.481 e. The number of carboxylic acid groups (broad SMARTS) is 1. The molecule has 0 aliphatic rings. The predicted molar refractivity (Wildman–Crippen MR) is 69.7 cm³/mol. The molecule has 2 amide bonds. The second kappa shape index (κ2) is 6.64. The van der Waals surface area contributed by atoms with Gasteiger partial charge >= 0.3 is 12.0 Å². The van der Waals surface area contributed by atoms with Crippen molar-refractivity contribution < 1.29 is 14.7 Å². The Morgan fingerprint density at radius 2 is 1.89 bits per heavy atom. The SMILES string of the molecule is CCc1ccc(NC(=O)N(C)CCC(=O)O)cc1. The van der Waals surface area contributed by atoms with E-state index in [2.05, 4.69) is 12.2 Å². The van der Waals surface area contributed by atoms with Crippen molar-refractivity contribution in [3.8, 4) is 0 Å². The van der Waals surface area contributed by atoms with Gasteiger partial charge in [0.15, 0.2) is 0 Å². The second-order valence-corrected chi connectivity index (χ2v) is 4.05. The molecular formula is C13H18N2O3. The molecule has 0 saturated carbocycles. The largest absolute Gasteiger partial charge is 0.481 e. The Labute approximate surface area is 106 Å². The Balaban J connectivity index is 2.49. The smallest absolute Gasteiger partial charge is 0.321 e. The number of carbonyl (C=O) groups excluding carboxylic acids is 1. The van der Waals surface area contributed by atoms with Gasteiger partial charge in [0.05, 0.1) is 6.42 Å². The number of nitrogens with one attached hydrogen (secondary N) is 1. The van der Waals surface area contributed by atoms with Crippen molar-refractivity contribution >= 4 is 17.7 Å². The van der Waals surface area contributed by atoms with Crippen molar-refractivity contribution in [1.29, 1.82) is 0 Å². The summed E-state index contributed by atoms with van der Waals surface area (Å²) in [5, 5.41) is 11.2. The molecule has 5 heteroatoms. The molecule has 2 N–H and O–H groups in total. The van der Waals surface area contributed by atoms with Crippen LogP contribution in [0.25, 0.3) is 0 Å². The highest BCUT2D eigenvalue weighted by atomic mass is 16.4. The third-order valence-electron chi connectivity index (χ3n) is 2.62. The molecule has 0 fully saturated rings. The van der Waals surface area contributed by atoms with Crippen LogP contribution in [0, 0.1) is 0 Å². The van der Waals surface area contributed by atoms with Crippen LogP contribution in [0.15, 0.2) is 24.3 Å². The van der Waals surface area contributed by atoms with Crippen molar-refractivity contribution in [2.45, 2.75) is 19.8 Å². The minimum absolute atomic E-state index is 0.0569. The van der Waals surface area contributed by atoms with Crippen molar-refractivity contribution in [3.05, 3.63) is 29.8 Å². The molecule has 0 radical (unpaired) electrons. The summed E-state index contributed by atoms with van der Waals surface area (Å²) in [5.41, 5.74) is 1.91. The molecular weight excluding hydrogens is 232 g/mol. The summed E-state index contributed by atoms with van der Waals surface area (Å²) in [7, 11) is 1.57. The Hall–Kier alpha value is -2.04. The van der Waals surface area contributed by atoms with Crippen LogP contribution in [0.3, 0.4) is 0 Å². The maximum absolute atomic E-state index is 11.7. The van der Waals surface area contributed by atoms with Gasteiger partial charge in [0.25, 0.3) is 0 Å². The fourth-order valence-corrected chi connectivity index (χ4v) is 1.41. The first-order valence-electron chi connectivity index (χ1n) is 5.85. The molecule has 1 aromatic carbocycles. The summed E-state index contributed by atoms with van der Waals surface area (Å²) in [5.74, 6) is -0.915. The summed E-state index contributed by atoms with van der Waals surface area (Å²) >= 11 is 0. The lowest BCUT2D eigenvalue weighted by Gasteiger charge is -2.17. The number of hydrogen-bond acceptors (Lipinski definition) is 2. The summed E-state index contributed by atoms with van der Waals surface area (Å²) in [6, 6.07) is 7.27. The minimum atomic E-state index is -0.915. The van der Waals surface area contributed by atoms with Crippen molar-refractivity contribution in [2.75, 3.05) is 18.9 Å². The molecule has 0 aliphatic heterocycles. The summed E-state index contributed by atoms with van der Waals surface area (Å²) in [6.07, 6.45) is 0.894. The zero-order valence-electron chi connectivity index (χ0n) is 10.6. The van der Waals surface area contributed by atoms with E-state index in [4.69, 9.17) is 5.11 Å². The number of nitrogens with zero attached hydrogens (tertiary/aromatic N) is 1. The van der Waals surface area contributed by atoms with Crippen LogP contribution in [0.4, 0.5) is 10.5 Å². The third-order valence-corrected chi connectivity index (χ3v) is 2.62. The zero-order chi connectivity index (χ0) is 13.5. The van der Waals surface area contributed by atoms with E-state index in [9.17, 15) is 9.59 Å². The Bertz CT molecular complexity index is 415. The van der Waals surface area contributed by atoms with E-state index < -0.39 is 5.97 Å². The maximum atomic E-state index is 11.7. The number of carboxylic acids is 1. The molecule has 0 aromatic heterocycles. The molecule has 98 valence electrons. The number of anilines is 1. The van der Waals surface area contributed by atoms with Crippen LogP contribution < -0.4 is 5.32 Å². The van der Waals surface area contributed by atoms with Gasteiger partial charge in [-0.1, -0.05) is 19.1 Å². The molecule has 5 nitrogen and oxygen atoms in total. The summed E-state index contributed by atoms with van der Waals surface area (Å²) in [4.78, 5) is 23.4. The Kier molecular flexibility index (Phi) is 5.17. The van der Waals surface area contributed by atoms with Crippen molar-refractivity contribution in [1.82, 2.24) is 4.90 Å².